The number of nitrogens with zero attached hydrogens (tertiary/aromatic N) is 1. The van der Waals surface area contributed by atoms with Gasteiger partial charge in [-0.25, -0.2) is 14.6 Å². The predicted molar refractivity (Wildman–Crippen MR) is 181 cm³/mol. The van der Waals surface area contributed by atoms with E-state index < -0.39 is 14.9 Å². The van der Waals surface area contributed by atoms with Crippen molar-refractivity contribution in [3.8, 4) is 0 Å². The van der Waals surface area contributed by atoms with Crippen molar-refractivity contribution in [1.82, 2.24) is 10.6 Å². The molecular weight excluding hydrogens is 590 g/mol. The third-order valence-electron chi connectivity index (χ3n) is 8.61. The van der Waals surface area contributed by atoms with Crippen LogP contribution in [0, 0.1) is 16.2 Å². The van der Waals surface area contributed by atoms with Gasteiger partial charge in [-0.15, -0.1) is 0 Å². The topological polar surface area (TPSA) is 125 Å². The first kappa shape index (κ1) is 41.2. The van der Waals surface area contributed by atoms with Gasteiger partial charge in [-0.2, -0.15) is 0 Å². The number of hydrogen-bond acceptors (Lipinski definition) is 8. The molecule has 0 bridgehead atoms. The molecule has 0 radical (unpaired) electrons. The molecule has 3 unspecified atom stereocenters. The molecule has 0 aliphatic heterocycles. The number of isocyanates is 1. The second-order valence-electron chi connectivity index (χ2n) is 14.6. The van der Waals surface area contributed by atoms with Crippen molar-refractivity contribution in [2.24, 2.45) is 21.2 Å². The van der Waals surface area contributed by atoms with Crippen molar-refractivity contribution < 1.29 is 32.4 Å². The SMILES string of the molecule is CCCCCC(CCCC(=O)NCC(C)(C)CC[Si](OCC)(OCC)OCC)OC(=O)NCC1(C)CC(N=C=O)CC(C)(C)C1. The maximum atomic E-state index is 12.9. The van der Waals surface area contributed by atoms with Crippen molar-refractivity contribution in [2.45, 2.75) is 151 Å². The van der Waals surface area contributed by atoms with Crippen LogP contribution in [0.25, 0.3) is 0 Å². The molecule has 0 saturated heterocycles. The fourth-order valence-corrected chi connectivity index (χ4v) is 9.72. The van der Waals surface area contributed by atoms with Crippen molar-refractivity contribution in [2.75, 3.05) is 32.9 Å². The Balaban J connectivity index is 2.60. The molecule has 11 heteroatoms. The van der Waals surface area contributed by atoms with Crippen LogP contribution >= 0.6 is 0 Å². The molecule has 3 atom stereocenters. The average Bonchev–Trinajstić information content (AvgIpc) is 2.94. The summed E-state index contributed by atoms with van der Waals surface area (Å²) < 4.78 is 23.9. The van der Waals surface area contributed by atoms with Crippen molar-refractivity contribution in [3.05, 3.63) is 0 Å². The number of unbranched alkanes of at least 4 members (excludes halogenated alkanes) is 2. The minimum absolute atomic E-state index is 0.00291. The summed E-state index contributed by atoms with van der Waals surface area (Å²) in [5.41, 5.74) is -0.314. The van der Waals surface area contributed by atoms with Gasteiger partial charge in [0.1, 0.15) is 6.10 Å². The van der Waals surface area contributed by atoms with Gasteiger partial charge >= 0.3 is 14.9 Å². The van der Waals surface area contributed by atoms with Crippen LogP contribution in [0.2, 0.25) is 6.04 Å². The minimum atomic E-state index is -2.73. The first-order valence-corrected chi connectivity index (χ1v) is 19.3. The predicted octanol–water partition coefficient (Wildman–Crippen LogP) is 7.33. The second kappa shape index (κ2) is 20.5. The highest BCUT2D eigenvalue weighted by molar-refractivity contribution is 6.60. The van der Waals surface area contributed by atoms with Gasteiger partial charge in [0.05, 0.1) is 6.04 Å². The quantitative estimate of drug-likeness (QED) is 0.0511. The third kappa shape index (κ3) is 17.1. The molecule has 10 nitrogen and oxygen atoms in total. The fraction of sp³-hybridized carbons (Fsp3) is 0.912. The van der Waals surface area contributed by atoms with Crippen molar-refractivity contribution in [1.29, 1.82) is 0 Å². The number of alkyl carbamates (subject to hydrolysis) is 1. The summed E-state index contributed by atoms with van der Waals surface area (Å²) in [5, 5.41) is 6.10. The first-order chi connectivity index (χ1) is 21.2. The minimum Gasteiger partial charge on any atom is -0.446 e. The average molecular weight is 656 g/mol. The fourth-order valence-electron chi connectivity index (χ4n) is 6.74. The number of ether oxygens (including phenoxy) is 1. The van der Waals surface area contributed by atoms with E-state index in [9.17, 15) is 14.4 Å². The van der Waals surface area contributed by atoms with Gasteiger partial charge in [0.25, 0.3) is 0 Å². The summed E-state index contributed by atoms with van der Waals surface area (Å²) in [4.78, 5) is 40.6. The lowest BCUT2D eigenvalue weighted by Crippen LogP contribution is -2.47. The molecular formula is C34H65N3O7Si. The van der Waals surface area contributed by atoms with Gasteiger partial charge in [-0.1, -0.05) is 54.4 Å². The Bertz CT molecular complexity index is 908. The highest BCUT2D eigenvalue weighted by Crippen LogP contribution is 2.46. The molecule has 2 amide bonds. The summed E-state index contributed by atoms with van der Waals surface area (Å²) in [6.07, 6.45) is 9.92. The molecule has 0 heterocycles. The highest BCUT2D eigenvalue weighted by Gasteiger charge is 2.42. The third-order valence-corrected chi connectivity index (χ3v) is 11.7. The lowest BCUT2D eigenvalue weighted by atomic mass is 9.63. The van der Waals surface area contributed by atoms with Crippen molar-refractivity contribution in [3.63, 3.8) is 0 Å². The van der Waals surface area contributed by atoms with Gasteiger partial charge < -0.3 is 28.6 Å². The molecule has 2 N–H and O–H groups in total. The molecule has 0 spiro atoms. The maximum absolute atomic E-state index is 12.9. The van der Waals surface area contributed by atoms with Crippen LogP contribution in [0.4, 0.5) is 4.79 Å². The Hall–Kier alpha value is -1.78. The van der Waals surface area contributed by atoms with E-state index in [2.05, 4.69) is 57.2 Å². The summed E-state index contributed by atoms with van der Waals surface area (Å²) >= 11 is 0. The van der Waals surface area contributed by atoms with E-state index in [0.717, 1.165) is 51.4 Å². The lowest BCUT2D eigenvalue weighted by Gasteiger charge is -2.45. The number of nitrogens with one attached hydrogen (secondary N) is 2. The molecule has 1 fully saturated rings. The Morgan fingerprint density at radius 2 is 1.58 bits per heavy atom. The molecule has 1 rings (SSSR count). The molecule has 0 aromatic carbocycles. The van der Waals surface area contributed by atoms with Crippen molar-refractivity contribution >= 4 is 26.9 Å². The number of amides is 2. The van der Waals surface area contributed by atoms with Crippen LogP contribution in [-0.2, 0) is 27.6 Å². The van der Waals surface area contributed by atoms with Crippen LogP contribution in [0.5, 0.6) is 0 Å². The van der Waals surface area contributed by atoms with Crippen LogP contribution in [0.1, 0.15) is 133 Å². The lowest BCUT2D eigenvalue weighted by molar-refractivity contribution is -0.121. The number of hydrogen-bond donors (Lipinski definition) is 2. The molecule has 1 aliphatic carbocycles. The van der Waals surface area contributed by atoms with Gasteiger partial charge in [-0.05, 0) is 88.4 Å². The molecule has 262 valence electrons. The molecule has 1 saturated carbocycles. The van der Waals surface area contributed by atoms with E-state index in [1.54, 1.807) is 6.08 Å². The van der Waals surface area contributed by atoms with E-state index in [0.29, 0.717) is 58.2 Å². The van der Waals surface area contributed by atoms with Gasteiger partial charge in [0, 0.05) is 45.4 Å². The van der Waals surface area contributed by atoms with E-state index in [4.69, 9.17) is 18.0 Å². The number of carbonyl (C=O) groups excluding carboxylic acids is 3. The Labute approximate surface area is 274 Å². The van der Waals surface area contributed by atoms with Crippen LogP contribution in [0.3, 0.4) is 0 Å². The number of carbonyl (C=O) groups is 2. The molecule has 45 heavy (non-hydrogen) atoms. The maximum Gasteiger partial charge on any atom is 0.500 e. The normalized spacial score (nSPS) is 20.6. The highest BCUT2D eigenvalue weighted by atomic mass is 28.4. The first-order valence-electron chi connectivity index (χ1n) is 17.4. The van der Waals surface area contributed by atoms with Gasteiger partial charge in [0.2, 0.25) is 12.0 Å². The molecule has 1 aliphatic rings. The zero-order valence-corrected chi connectivity index (χ0v) is 31.0. The second-order valence-corrected chi connectivity index (χ2v) is 17.4. The summed E-state index contributed by atoms with van der Waals surface area (Å²) in [6.45, 7) is 21.4. The monoisotopic (exact) mass is 655 g/mol. The van der Waals surface area contributed by atoms with Gasteiger partial charge in [0.15, 0.2) is 0 Å². The molecule has 0 aromatic rings. The van der Waals surface area contributed by atoms with E-state index >= 15 is 0 Å². The van der Waals surface area contributed by atoms with Gasteiger partial charge in [-0.3, -0.25) is 4.79 Å². The largest absolute Gasteiger partial charge is 0.500 e. The summed E-state index contributed by atoms with van der Waals surface area (Å²) in [6, 6.07) is 0.622. The Kier molecular flexibility index (Phi) is 18.7. The van der Waals surface area contributed by atoms with Crippen LogP contribution in [-0.4, -0.2) is 71.9 Å². The zero-order chi connectivity index (χ0) is 34.0. The van der Waals surface area contributed by atoms with E-state index in [1.165, 1.54) is 0 Å². The van der Waals surface area contributed by atoms with E-state index in [-0.39, 0.29) is 34.3 Å². The molecule has 0 aromatic heterocycles. The Morgan fingerprint density at radius 1 is 0.956 bits per heavy atom. The number of aliphatic imine (C=N–C) groups is 1. The summed E-state index contributed by atoms with van der Waals surface area (Å²) in [7, 11) is -2.73. The zero-order valence-electron chi connectivity index (χ0n) is 30.0. The Morgan fingerprint density at radius 3 is 2.16 bits per heavy atom. The smallest absolute Gasteiger partial charge is 0.446 e. The number of rotatable bonds is 23. The standard InChI is InChI=1S/C34H65N3O7Si/c1-10-14-15-17-29(44-31(40)36-26-34(9)23-28(37-27-38)22-33(7,8)24-34)18-16-19-30(39)35-25-32(5,6)20-21-45(41-11-2,42-12-3)43-13-4/h28-29H,10-26H2,1-9H3,(H,35,39)(H,36,40). The van der Waals surface area contributed by atoms with Crippen LogP contribution in [0.15, 0.2) is 4.99 Å². The van der Waals surface area contributed by atoms with E-state index in [1.807, 2.05) is 20.8 Å². The summed E-state index contributed by atoms with van der Waals surface area (Å²) in [5.74, 6) is 0.00291. The van der Waals surface area contributed by atoms with Crippen LogP contribution < -0.4 is 10.6 Å².